The molecule has 0 spiro atoms. The number of nitro benzene ring substituents is 1. The van der Waals surface area contributed by atoms with Gasteiger partial charge in [0.25, 0.3) is 0 Å². The van der Waals surface area contributed by atoms with Gasteiger partial charge in [-0.25, -0.2) is 9.98 Å². The molecule has 0 aliphatic carbocycles. The molecule has 2 aromatic carbocycles. The van der Waals surface area contributed by atoms with Crippen LogP contribution < -0.4 is 4.74 Å². The molecule has 0 atom stereocenters. The molecule has 0 aliphatic heterocycles. The number of allylic oxidation sites excluding steroid dienone is 1. The summed E-state index contributed by atoms with van der Waals surface area (Å²) in [7, 11) is 0. The minimum atomic E-state index is -0.538. The highest BCUT2D eigenvalue weighted by atomic mass is 35.5. The molecule has 0 saturated heterocycles. The highest BCUT2D eigenvalue weighted by Crippen LogP contribution is 2.41. The third kappa shape index (κ3) is 4.32. The van der Waals surface area contributed by atoms with Gasteiger partial charge < -0.3 is 4.74 Å². The molecule has 144 valence electrons. The molecule has 0 N–H and O–H groups in total. The zero-order valence-electron chi connectivity index (χ0n) is 15.1. The molecule has 0 amide bonds. The Balaban J connectivity index is 2.05. The van der Waals surface area contributed by atoms with Crippen LogP contribution in [0.1, 0.15) is 12.6 Å². The smallest absolute Gasteiger partial charge is 0.312 e. The fourth-order valence-corrected chi connectivity index (χ4v) is 3.58. The van der Waals surface area contributed by atoms with Gasteiger partial charge in [0.05, 0.1) is 15.5 Å². The van der Waals surface area contributed by atoms with Crippen molar-refractivity contribution in [3.05, 3.63) is 69.9 Å². The molecule has 1 aromatic heterocycles. The molecule has 3 aromatic rings. The van der Waals surface area contributed by atoms with E-state index in [-0.39, 0.29) is 17.0 Å². The number of halogens is 1. The Labute approximate surface area is 175 Å². The maximum atomic E-state index is 11.6. The maximum absolute atomic E-state index is 11.6. The van der Waals surface area contributed by atoms with Crippen molar-refractivity contribution in [2.45, 2.75) is 6.92 Å². The van der Waals surface area contributed by atoms with Crippen LogP contribution in [0.5, 0.6) is 11.5 Å². The highest BCUT2D eigenvalue weighted by molar-refractivity contribution is 7.19. The second kappa shape index (κ2) is 8.65. The lowest BCUT2D eigenvalue weighted by molar-refractivity contribution is -0.385. The average Bonchev–Trinajstić information content (AvgIpc) is 3.13. The molecule has 0 aliphatic rings. The van der Waals surface area contributed by atoms with Gasteiger partial charge in [0.15, 0.2) is 0 Å². The van der Waals surface area contributed by atoms with Crippen molar-refractivity contribution in [1.82, 2.24) is 4.98 Å². The number of aromatic nitrogens is 1. The number of rotatable bonds is 6. The molecule has 0 bridgehead atoms. The summed E-state index contributed by atoms with van der Waals surface area (Å²) in [4.78, 5) is 19.7. The van der Waals surface area contributed by atoms with Crippen LogP contribution in [0.25, 0.3) is 16.1 Å². The summed E-state index contributed by atoms with van der Waals surface area (Å²) in [6.07, 6.45) is 1.58. The largest absolute Gasteiger partial charge is 0.449 e. The molecular weight excluding hydrogens is 412 g/mol. The molecule has 9 heteroatoms. The fourth-order valence-electron chi connectivity index (χ4n) is 2.42. The van der Waals surface area contributed by atoms with Gasteiger partial charge in [-0.2, -0.15) is 5.26 Å². The lowest BCUT2D eigenvalue weighted by atomic mass is 10.2. The zero-order valence-corrected chi connectivity index (χ0v) is 16.7. The standard InChI is InChI=1S/C20H13ClN4O3S/c1-3-23-20-18(12(2)11-22)24-19(29-20)13-8-9-17(15(10-13)25(26)27)28-16-7-5-4-6-14(16)21/h3-10H,2H2,1H3/b23-3-. The monoisotopic (exact) mass is 424 g/mol. The number of para-hydroxylation sites is 1. The van der Waals surface area contributed by atoms with Crippen LogP contribution in [0.15, 0.2) is 54.0 Å². The Kier molecular flexibility index (Phi) is 6.02. The summed E-state index contributed by atoms with van der Waals surface area (Å²) in [6.45, 7) is 5.42. The van der Waals surface area contributed by atoms with Gasteiger partial charge in [-0.15, -0.1) is 0 Å². The number of hydrogen-bond donors (Lipinski definition) is 0. The molecule has 0 unspecified atom stereocenters. The average molecular weight is 425 g/mol. The summed E-state index contributed by atoms with van der Waals surface area (Å²) in [6, 6.07) is 13.2. The van der Waals surface area contributed by atoms with Gasteiger partial charge in [0.1, 0.15) is 27.5 Å². The third-order valence-corrected chi connectivity index (χ3v) is 5.06. The molecule has 29 heavy (non-hydrogen) atoms. The number of nitriles is 1. The van der Waals surface area contributed by atoms with Crippen LogP contribution >= 0.6 is 22.9 Å². The summed E-state index contributed by atoms with van der Waals surface area (Å²) in [5.41, 5.74) is 0.780. The highest BCUT2D eigenvalue weighted by Gasteiger charge is 2.21. The van der Waals surface area contributed by atoms with Crippen molar-refractivity contribution in [3.63, 3.8) is 0 Å². The minimum absolute atomic E-state index is 0.0527. The predicted molar refractivity (Wildman–Crippen MR) is 114 cm³/mol. The van der Waals surface area contributed by atoms with E-state index in [1.165, 1.54) is 23.5 Å². The van der Waals surface area contributed by atoms with Gasteiger partial charge in [0, 0.05) is 17.8 Å². The van der Waals surface area contributed by atoms with Crippen molar-refractivity contribution < 1.29 is 9.66 Å². The Bertz CT molecular complexity index is 1180. The lowest BCUT2D eigenvalue weighted by Gasteiger charge is -2.08. The molecule has 1 heterocycles. The van der Waals surface area contributed by atoms with Crippen LogP contribution in [0, 0.1) is 21.4 Å². The quantitative estimate of drug-likeness (QED) is 0.196. The number of thiazole rings is 1. The lowest BCUT2D eigenvalue weighted by Crippen LogP contribution is -1.94. The van der Waals surface area contributed by atoms with Gasteiger partial charge in [-0.05, 0) is 31.2 Å². The van der Waals surface area contributed by atoms with E-state index in [0.29, 0.717) is 32.0 Å². The number of nitrogens with zero attached hydrogens (tertiary/aromatic N) is 4. The summed E-state index contributed by atoms with van der Waals surface area (Å²) < 4.78 is 5.64. The summed E-state index contributed by atoms with van der Waals surface area (Å²) in [5, 5.41) is 22.1. The van der Waals surface area contributed by atoms with E-state index < -0.39 is 4.92 Å². The van der Waals surface area contributed by atoms with E-state index in [4.69, 9.17) is 21.6 Å². The van der Waals surface area contributed by atoms with Crippen molar-refractivity contribution in [2.24, 2.45) is 4.99 Å². The Morgan fingerprint density at radius 1 is 1.38 bits per heavy atom. The second-order valence-electron chi connectivity index (χ2n) is 5.62. The van der Waals surface area contributed by atoms with E-state index in [9.17, 15) is 10.1 Å². The van der Waals surface area contributed by atoms with Crippen molar-refractivity contribution in [3.8, 4) is 28.1 Å². The normalized spacial score (nSPS) is 10.7. The first kappa shape index (κ1) is 20.2. The first-order chi connectivity index (χ1) is 13.9. The van der Waals surface area contributed by atoms with Crippen molar-refractivity contribution in [1.29, 1.82) is 5.26 Å². The number of ether oxygens (including phenoxy) is 1. The number of hydrogen-bond acceptors (Lipinski definition) is 7. The fraction of sp³-hybridized carbons (Fsp3) is 0.0500. The van der Waals surface area contributed by atoms with Crippen molar-refractivity contribution in [2.75, 3.05) is 0 Å². The van der Waals surface area contributed by atoms with E-state index in [0.717, 1.165) is 0 Å². The topological polar surface area (TPSA) is 101 Å². The van der Waals surface area contributed by atoms with Gasteiger partial charge in [0.2, 0.25) is 5.75 Å². The third-order valence-electron chi connectivity index (χ3n) is 3.74. The summed E-state index contributed by atoms with van der Waals surface area (Å²) in [5.74, 6) is 0.364. The Morgan fingerprint density at radius 3 is 2.79 bits per heavy atom. The van der Waals surface area contributed by atoms with Crippen LogP contribution in [-0.4, -0.2) is 16.1 Å². The van der Waals surface area contributed by atoms with E-state index >= 15 is 0 Å². The van der Waals surface area contributed by atoms with Crippen LogP contribution in [0.3, 0.4) is 0 Å². The second-order valence-corrected chi connectivity index (χ2v) is 7.01. The van der Waals surface area contributed by atoms with Gasteiger partial charge >= 0.3 is 5.69 Å². The molecule has 0 fully saturated rings. The van der Waals surface area contributed by atoms with E-state index in [1.54, 1.807) is 43.5 Å². The zero-order chi connectivity index (χ0) is 21.0. The predicted octanol–water partition coefficient (Wildman–Crippen LogP) is 6.42. The van der Waals surface area contributed by atoms with E-state index in [2.05, 4.69) is 16.6 Å². The van der Waals surface area contributed by atoms with Crippen LogP contribution in [0.4, 0.5) is 10.7 Å². The molecule has 0 saturated carbocycles. The molecule has 7 nitrogen and oxygen atoms in total. The van der Waals surface area contributed by atoms with E-state index in [1.807, 2.05) is 6.07 Å². The summed E-state index contributed by atoms with van der Waals surface area (Å²) >= 11 is 7.28. The number of nitro groups is 1. The van der Waals surface area contributed by atoms with Crippen LogP contribution in [-0.2, 0) is 0 Å². The molecular formula is C20H13ClN4O3S. The first-order valence-corrected chi connectivity index (χ1v) is 9.44. The Morgan fingerprint density at radius 2 is 2.14 bits per heavy atom. The number of aliphatic imine (C=N–C) groups is 1. The molecule has 0 radical (unpaired) electrons. The minimum Gasteiger partial charge on any atom is -0.449 e. The SMILES string of the molecule is C=C(C#N)c1nc(-c2ccc(Oc3ccccc3Cl)c([N+](=O)[O-])c2)sc1/N=C\C. The van der Waals surface area contributed by atoms with Crippen molar-refractivity contribution >= 4 is 45.4 Å². The first-order valence-electron chi connectivity index (χ1n) is 8.24. The number of benzene rings is 2. The van der Waals surface area contributed by atoms with Gasteiger partial charge in [-0.3, -0.25) is 10.1 Å². The van der Waals surface area contributed by atoms with Crippen LogP contribution in [0.2, 0.25) is 5.02 Å². The maximum Gasteiger partial charge on any atom is 0.312 e. The Hall–Kier alpha value is -3.54. The van der Waals surface area contributed by atoms with Gasteiger partial charge in [-0.1, -0.05) is 41.6 Å². The molecule has 3 rings (SSSR count).